The quantitative estimate of drug-likeness (QED) is 0.819. The summed E-state index contributed by atoms with van der Waals surface area (Å²) in [6.45, 7) is 8.37. The largest absolute Gasteiger partial charge is 0.444 e. The number of amides is 1. The number of nitrogens with one attached hydrogen (secondary N) is 2. The van der Waals surface area contributed by atoms with E-state index in [-0.39, 0.29) is 6.04 Å². The molecule has 0 bridgehead atoms. The molecule has 102 valence electrons. The summed E-state index contributed by atoms with van der Waals surface area (Å²) >= 11 is 0. The fourth-order valence-electron chi connectivity index (χ4n) is 1.16. The van der Waals surface area contributed by atoms with Gasteiger partial charge in [-0.05, 0) is 27.7 Å². The second kappa shape index (κ2) is 6.34. The molecule has 1 heterocycles. The van der Waals surface area contributed by atoms with Crippen LogP contribution in [0.4, 0.5) is 4.79 Å². The number of ether oxygens (including phenoxy) is 1. The molecule has 0 saturated heterocycles. The zero-order chi connectivity index (χ0) is 13.6. The monoisotopic (exact) mass is 256 g/mol. The zero-order valence-electron chi connectivity index (χ0n) is 11.2. The number of hydrogen-bond acceptors (Lipinski definition) is 6. The molecule has 0 aromatic carbocycles. The van der Waals surface area contributed by atoms with Crippen molar-refractivity contribution in [2.24, 2.45) is 0 Å². The Labute approximate surface area is 106 Å². The van der Waals surface area contributed by atoms with Gasteiger partial charge in [-0.1, -0.05) is 5.16 Å². The Morgan fingerprint density at radius 1 is 1.56 bits per heavy atom. The molecule has 1 aromatic heterocycles. The van der Waals surface area contributed by atoms with E-state index < -0.39 is 11.7 Å². The van der Waals surface area contributed by atoms with Gasteiger partial charge in [-0.15, -0.1) is 0 Å². The summed E-state index contributed by atoms with van der Waals surface area (Å²) in [6, 6.07) is 0.0796. The molecule has 1 unspecified atom stereocenters. The van der Waals surface area contributed by atoms with E-state index in [1.54, 1.807) is 0 Å². The Morgan fingerprint density at radius 2 is 2.28 bits per heavy atom. The molecule has 1 aromatic rings. The predicted molar refractivity (Wildman–Crippen MR) is 64.8 cm³/mol. The molecule has 0 spiro atoms. The average molecular weight is 256 g/mol. The standard InChI is InChI=1S/C11H20N4O3/c1-8(12-6-9-14-7-17-15-9)5-13-10(16)18-11(2,3)4/h7-8,12H,5-6H2,1-4H3,(H,13,16). The predicted octanol–water partition coefficient (Wildman–Crippen LogP) is 1.07. The van der Waals surface area contributed by atoms with E-state index in [0.717, 1.165) is 0 Å². The smallest absolute Gasteiger partial charge is 0.407 e. The van der Waals surface area contributed by atoms with Crippen molar-refractivity contribution in [1.29, 1.82) is 0 Å². The van der Waals surface area contributed by atoms with Gasteiger partial charge in [-0.2, -0.15) is 4.98 Å². The van der Waals surface area contributed by atoms with Crippen LogP contribution >= 0.6 is 0 Å². The summed E-state index contributed by atoms with van der Waals surface area (Å²) in [4.78, 5) is 15.3. The van der Waals surface area contributed by atoms with Crippen molar-refractivity contribution in [1.82, 2.24) is 20.8 Å². The van der Waals surface area contributed by atoms with Gasteiger partial charge in [0.25, 0.3) is 0 Å². The highest BCUT2D eigenvalue weighted by molar-refractivity contribution is 5.67. The number of nitrogens with zero attached hydrogens (tertiary/aromatic N) is 2. The van der Waals surface area contributed by atoms with E-state index in [1.165, 1.54) is 6.39 Å². The lowest BCUT2D eigenvalue weighted by Crippen LogP contribution is -2.41. The van der Waals surface area contributed by atoms with E-state index in [0.29, 0.717) is 18.9 Å². The summed E-state index contributed by atoms with van der Waals surface area (Å²) in [5, 5.41) is 9.50. The third-order valence-corrected chi connectivity index (χ3v) is 1.97. The molecule has 0 aliphatic carbocycles. The number of alkyl carbamates (subject to hydrolysis) is 1. The Bertz CT molecular complexity index is 359. The lowest BCUT2D eigenvalue weighted by atomic mass is 10.2. The lowest BCUT2D eigenvalue weighted by Gasteiger charge is -2.21. The van der Waals surface area contributed by atoms with Crippen LogP contribution in [0.2, 0.25) is 0 Å². The van der Waals surface area contributed by atoms with Gasteiger partial charge >= 0.3 is 6.09 Å². The molecule has 18 heavy (non-hydrogen) atoms. The third-order valence-electron chi connectivity index (χ3n) is 1.97. The topological polar surface area (TPSA) is 89.3 Å². The Kier molecular flexibility index (Phi) is 5.08. The van der Waals surface area contributed by atoms with E-state index in [9.17, 15) is 4.79 Å². The third kappa shape index (κ3) is 6.19. The Balaban J connectivity index is 2.17. The van der Waals surface area contributed by atoms with Crippen molar-refractivity contribution < 1.29 is 14.1 Å². The number of carbonyl (C=O) groups excluding carboxylic acids is 1. The SMILES string of the molecule is CC(CNC(=O)OC(C)(C)C)NCc1ncon1. The summed E-state index contributed by atoms with van der Waals surface area (Å²) < 4.78 is 9.73. The first-order chi connectivity index (χ1) is 8.37. The lowest BCUT2D eigenvalue weighted by molar-refractivity contribution is 0.0523. The molecule has 0 aliphatic heterocycles. The number of hydrogen-bond donors (Lipinski definition) is 2. The van der Waals surface area contributed by atoms with Gasteiger partial charge < -0.3 is 19.9 Å². The number of rotatable bonds is 5. The van der Waals surface area contributed by atoms with Crippen LogP contribution in [0.25, 0.3) is 0 Å². The molecule has 0 aliphatic rings. The molecular formula is C11H20N4O3. The summed E-state index contributed by atoms with van der Waals surface area (Å²) in [5.41, 5.74) is -0.481. The van der Waals surface area contributed by atoms with Crippen molar-refractivity contribution in [2.75, 3.05) is 6.54 Å². The zero-order valence-corrected chi connectivity index (χ0v) is 11.2. The summed E-state index contributed by atoms with van der Waals surface area (Å²) in [5.74, 6) is 0.583. The number of aromatic nitrogens is 2. The van der Waals surface area contributed by atoms with E-state index >= 15 is 0 Å². The highest BCUT2D eigenvalue weighted by Crippen LogP contribution is 2.06. The molecule has 0 saturated carbocycles. The van der Waals surface area contributed by atoms with Gasteiger partial charge in [0, 0.05) is 12.6 Å². The van der Waals surface area contributed by atoms with Crippen LogP contribution < -0.4 is 10.6 Å². The van der Waals surface area contributed by atoms with Crippen LogP contribution in [0.3, 0.4) is 0 Å². The maximum absolute atomic E-state index is 11.4. The maximum Gasteiger partial charge on any atom is 0.407 e. The summed E-state index contributed by atoms with van der Waals surface area (Å²) in [6.07, 6.45) is 0.858. The van der Waals surface area contributed by atoms with Gasteiger partial charge in [0.15, 0.2) is 5.82 Å². The maximum atomic E-state index is 11.4. The highest BCUT2D eigenvalue weighted by atomic mass is 16.6. The van der Waals surface area contributed by atoms with E-state index in [2.05, 4.69) is 25.3 Å². The van der Waals surface area contributed by atoms with Crippen molar-refractivity contribution in [3.05, 3.63) is 12.2 Å². The van der Waals surface area contributed by atoms with Gasteiger partial charge in [-0.25, -0.2) is 4.79 Å². The minimum Gasteiger partial charge on any atom is -0.444 e. The van der Waals surface area contributed by atoms with Gasteiger partial charge in [-0.3, -0.25) is 0 Å². The first kappa shape index (κ1) is 14.4. The molecule has 0 radical (unpaired) electrons. The first-order valence-electron chi connectivity index (χ1n) is 5.82. The van der Waals surface area contributed by atoms with Gasteiger partial charge in [0.05, 0.1) is 6.54 Å². The van der Waals surface area contributed by atoms with Gasteiger partial charge in [0.1, 0.15) is 5.60 Å². The van der Waals surface area contributed by atoms with Crippen LogP contribution in [0.5, 0.6) is 0 Å². The minimum absolute atomic E-state index is 0.0796. The minimum atomic E-state index is -0.481. The van der Waals surface area contributed by atoms with Crippen molar-refractivity contribution in [3.63, 3.8) is 0 Å². The summed E-state index contributed by atoms with van der Waals surface area (Å²) in [7, 11) is 0. The van der Waals surface area contributed by atoms with Crippen LogP contribution in [-0.4, -0.2) is 34.4 Å². The Hall–Kier alpha value is -1.63. The van der Waals surface area contributed by atoms with Crippen molar-refractivity contribution >= 4 is 6.09 Å². The normalized spacial score (nSPS) is 13.1. The molecule has 1 amide bonds. The molecule has 2 N–H and O–H groups in total. The molecule has 1 rings (SSSR count). The fourth-order valence-corrected chi connectivity index (χ4v) is 1.16. The second-order valence-electron chi connectivity index (χ2n) is 5.01. The van der Waals surface area contributed by atoms with E-state index in [4.69, 9.17) is 4.74 Å². The van der Waals surface area contributed by atoms with Crippen molar-refractivity contribution in [2.45, 2.75) is 45.9 Å². The van der Waals surface area contributed by atoms with Crippen LogP contribution in [0.15, 0.2) is 10.9 Å². The molecule has 0 fully saturated rings. The Morgan fingerprint density at radius 3 is 2.83 bits per heavy atom. The molecular weight excluding hydrogens is 236 g/mol. The molecule has 7 heteroatoms. The molecule has 1 atom stereocenters. The number of carbonyl (C=O) groups is 1. The van der Waals surface area contributed by atoms with Gasteiger partial charge in [0.2, 0.25) is 6.39 Å². The fraction of sp³-hybridized carbons (Fsp3) is 0.727. The first-order valence-corrected chi connectivity index (χ1v) is 5.82. The van der Waals surface area contributed by atoms with Crippen LogP contribution in [0.1, 0.15) is 33.5 Å². The second-order valence-corrected chi connectivity index (χ2v) is 5.01. The molecule has 7 nitrogen and oxygen atoms in total. The average Bonchev–Trinajstić information content (AvgIpc) is 2.74. The highest BCUT2D eigenvalue weighted by Gasteiger charge is 2.16. The van der Waals surface area contributed by atoms with Crippen LogP contribution in [-0.2, 0) is 11.3 Å². The van der Waals surface area contributed by atoms with E-state index in [1.807, 2.05) is 27.7 Å². The van der Waals surface area contributed by atoms with Crippen LogP contribution in [0, 0.1) is 0 Å². The van der Waals surface area contributed by atoms with Crippen molar-refractivity contribution in [3.8, 4) is 0 Å².